The van der Waals surface area contributed by atoms with Crippen molar-refractivity contribution < 1.29 is 112 Å². The molecule has 4 aliphatic rings. The highest BCUT2D eigenvalue weighted by molar-refractivity contribution is 5.95. The Kier molecular flexibility index (Phi) is 19.9. The number of hydrogen-bond acceptors (Lipinski definition) is 8. The molecule has 2 aliphatic carbocycles. The van der Waals surface area contributed by atoms with Crippen LogP contribution in [0.5, 0.6) is 11.5 Å². The van der Waals surface area contributed by atoms with Gasteiger partial charge in [0.25, 0.3) is 0 Å². The van der Waals surface area contributed by atoms with Crippen molar-refractivity contribution in [2.45, 2.75) is 154 Å². The number of allylic oxidation sites excluding steroid dienone is 2. The number of anilines is 2. The van der Waals surface area contributed by atoms with Gasteiger partial charge in [0.2, 0.25) is 0 Å². The molecule has 4 aromatic rings. The van der Waals surface area contributed by atoms with Gasteiger partial charge in [0.15, 0.2) is 0 Å². The molecule has 1 unspecified atom stereocenters. The second-order valence-corrected chi connectivity index (χ2v) is 24.5. The number of rotatable bonds is 13. The van der Waals surface area contributed by atoms with Crippen molar-refractivity contribution in [3.05, 3.63) is 128 Å². The number of benzene rings is 4. The smallest absolute Gasteiger partial charge is 0.471 e. The highest BCUT2D eigenvalue weighted by Gasteiger charge is 2.48. The topological polar surface area (TPSA) is 110 Å². The van der Waals surface area contributed by atoms with Crippen LogP contribution in [0.3, 0.4) is 0 Å². The standard InChI is InChI=1S/C32H35F9N2O3.C30H29F9N2O4/c1-17-27(19-11-21(31(36,37)38)13-22(12-19)32(39,40)41)46-28(44)43(17)16-20-15-29(3,4)10-9-24(20)25-14-23(7-8-26(25)45-6)42(5)18(2)30(33,34)35;1-15-24(16-9-18(28(31,32)33)11-19(10-16)29(34,35)36)45-26(43)41(15)14-17-13-27(2,3)8-7-21(17)22-12-20(5-6-23(22)44-4)40-25(42)30(37,38)39/h7-8,11-14,17-18,27H,9-10,15-16H2,1-6H3;5-6,9-12,15,24H,7-8,13-14H2,1-4H3,(H,40,42)/t17-,18?,27-;15-,24-/m00/s1. The van der Waals surface area contributed by atoms with Crippen LogP contribution in [0, 0.1) is 10.8 Å². The summed E-state index contributed by atoms with van der Waals surface area (Å²) in [5.74, 6) is -1.52. The van der Waals surface area contributed by atoms with Crippen molar-refractivity contribution in [1.29, 1.82) is 0 Å². The minimum atomic E-state index is -5.14. The van der Waals surface area contributed by atoms with Gasteiger partial charge in [0.05, 0.1) is 48.6 Å². The third kappa shape index (κ3) is 16.4. The van der Waals surface area contributed by atoms with E-state index in [-0.39, 0.29) is 53.2 Å². The second-order valence-electron chi connectivity index (χ2n) is 24.5. The van der Waals surface area contributed by atoms with Gasteiger partial charge in [-0.2, -0.15) is 79.0 Å². The Hall–Kier alpha value is -7.49. The quantitative estimate of drug-likeness (QED) is 0.132. The average molecular weight is 1320 g/mol. The largest absolute Gasteiger partial charge is 0.496 e. The normalized spacial score (nSPS) is 21.1. The molecule has 29 heteroatoms. The summed E-state index contributed by atoms with van der Waals surface area (Å²) in [5.41, 5.74) is -3.92. The number of alkyl halides is 18. The number of nitrogens with one attached hydrogen (secondary N) is 1. The summed E-state index contributed by atoms with van der Waals surface area (Å²) in [5, 5.41) is 1.80. The highest BCUT2D eigenvalue weighted by Crippen LogP contribution is 2.50. The fourth-order valence-corrected chi connectivity index (χ4v) is 11.6. The molecule has 500 valence electrons. The molecule has 2 saturated heterocycles. The van der Waals surface area contributed by atoms with E-state index in [2.05, 4.69) is 0 Å². The first-order valence-corrected chi connectivity index (χ1v) is 28.1. The Morgan fingerprint density at radius 2 is 0.945 bits per heavy atom. The number of hydrogen-bond donors (Lipinski definition) is 1. The number of carbonyl (C=O) groups excluding carboxylic acids is 3. The van der Waals surface area contributed by atoms with E-state index in [1.165, 1.54) is 69.2 Å². The van der Waals surface area contributed by atoms with E-state index in [1.807, 2.05) is 27.7 Å². The molecule has 1 N–H and O–H groups in total. The van der Waals surface area contributed by atoms with Gasteiger partial charge in [-0.25, -0.2) is 9.59 Å². The van der Waals surface area contributed by atoms with Crippen molar-refractivity contribution in [3.63, 3.8) is 0 Å². The maximum absolute atomic E-state index is 13.5. The van der Waals surface area contributed by atoms with Crippen molar-refractivity contribution >= 4 is 40.6 Å². The molecular weight excluding hydrogens is 1250 g/mol. The van der Waals surface area contributed by atoms with Crippen LogP contribution in [0.1, 0.15) is 144 Å². The van der Waals surface area contributed by atoms with Gasteiger partial charge < -0.3 is 29.2 Å². The van der Waals surface area contributed by atoms with Gasteiger partial charge in [-0.05, 0) is 176 Å². The summed E-state index contributed by atoms with van der Waals surface area (Å²) in [4.78, 5) is 41.3. The lowest BCUT2D eigenvalue weighted by Gasteiger charge is -2.36. The summed E-state index contributed by atoms with van der Waals surface area (Å²) >= 11 is 0. The van der Waals surface area contributed by atoms with Gasteiger partial charge >= 0.3 is 55.2 Å². The third-order valence-corrected chi connectivity index (χ3v) is 16.7. The predicted octanol–water partition coefficient (Wildman–Crippen LogP) is 18.4. The molecule has 0 radical (unpaired) electrons. The zero-order valence-electron chi connectivity index (χ0n) is 50.5. The molecule has 0 spiro atoms. The lowest BCUT2D eigenvalue weighted by molar-refractivity contribution is -0.167. The average Bonchev–Trinajstić information content (AvgIpc) is 2.37. The number of ether oxygens (including phenoxy) is 4. The second kappa shape index (κ2) is 25.5. The summed E-state index contributed by atoms with van der Waals surface area (Å²) < 4.78 is 263. The number of nitrogens with zero attached hydrogens (tertiary/aromatic N) is 3. The first-order valence-electron chi connectivity index (χ1n) is 28.1. The Morgan fingerprint density at radius 1 is 0.582 bits per heavy atom. The first-order chi connectivity index (χ1) is 41.6. The van der Waals surface area contributed by atoms with Crippen molar-refractivity contribution in [2.75, 3.05) is 44.6 Å². The Labute approximate surface area is 511 Å². The van der Waals surface area contributed by atoms with E-state index in [0.29, 0.717) is 90.8 Å². The SMILES string of the molecule is COc1ccc(N(C)C(C)C(F)(F)F)cc1C1=C(CN2C(=O)O[C@H](c3cc(C(F)(F)F)cc(C(F)(F)F)c3)[C@@H]2C)CC(C)(C)CC1.COc1ccc(NC(=O)C(F)(F)F)cc1C1=C(CN2C(=O)O[C@H](c3cc(C(F)(F)F)cc(C(F)(F)F)c3)[C@@H]2C)CC(C)(C)CC1. The minimum Gasteiger partial charge on any atom is -0.496 e. The number of methoxy groups -OCH3 is 2. The van der Waals surface area contributed by atoms with Crippen molar-refractivity contribution in [3.8, 4) is 11.5 Å². The Morgan fingerprint density at radius 3 is 1.29 bits per heavy atom. The van der Waals surface area contributed by atoms with Gasteiger partial charge in [-0.3, -0.25) is 14.6 Å². The van der Waals surface area contributed by atoms with E-state index in [1.54, 1.807) is 17.4 Å². The van der Waals surface area contributed by atoms with Crippen molar-refractivity contribution in [2.24, 2.45) is 10.8 Å². The molecule has 2 heterocycles. The molecular formula is C62H64F18N4O7. The number of carbonyl (C=O) groups is 3. The van der Waals surface area contributed by atoms with Crippen LogP contribution in [0.2, 0.25) is 0 Å². The monoisotopic (exact) mass is 1320 g/mol. The molecule has 8 rings (SSSR count). The zero-order chi connectivity index (χ0) is 68.3. The van der Waals surface area contributed by atoms with Crippen LogP contribution in [0.4, 0.5) is 100.0 Å². The fraction of sp³-hybridized carbons (Fsp3) is 0.500. The van der Waals surface area contributed by atoms with Crippen LogP contribution < -0.4 is 19.7 Å². The van der Waals surface area contributed by atoms with Crippen LogP contribution in [-0.4, -0.2) is 92.7 Å². The molecule has 11 nitrogen and oxygen atoms in total. The van der Waals surface area contributed by atoms with Gasteiger partial charge in [-0.1, -0.05) is 27.7 Å². The van der Waals surface area contributed by atoms with Gasteiger partial charge in [0.1, 0.15) is 29.7 Å². The zero-order valence-corrected chi connectivity index (χ0v) is 50.5. The molecule has 2 fully saturated rings. The first kappa shape index (κ1) is 71.0. The highest BCUT2D eigenvalue weighted by atomic mass is 19.4. The molecule has 0 saturated carbocycles. The Bertz CT molecular complexity index is 3390. The van der Waals surface area contributed by atoms with Crippen molar-refractivity contribution in [1.82, 2.24) is 9.80 Å². The number of cyclic esters (lactones) is 2. The van der Waals surface area contributed by atoms with E-state index in [4.69, 9.17) is 18.9 Å². The lowest BCUT2D eigenvalue weighted by atomic mass is 9.72. The predicted molar refractivity (Wildman–Crippen MR) is 297 cm³/mol. The summed E-state index contributed by atoms with van der Waals surface area (Å²) in [6.45, 7) is 11.7. The molecule has 2 aliphatic heterocycles. The molecule has 91 heavy (non-hydrogen) atoms. The van der Waals surface area contributed by atoms with E-state index in [9.17, 15) is 93.4 Å². The van der Waals surface area contributed by atoms with Gasteiger partial charge in [-0.15, -0.1) is 0 Å². The minimum absolute atomic E-state index is 0.0114. The number of halogens is 18. The fourth-order valence-electron chi connectivity index (χ4n) is 11.6. The van der Waals surface area contributed by atoms with Crippen LogP contribution in [0.25, 0.3) is 11.1 Å². The van der Waals surface area contributed by atoms with Gasteiger partial charge in [0, 0.05) is 42.6 Å². The van der Waals surface area contributed by atoms with E-state index >= 15 is 0 Å². The summed E-state index contributed by atoms with van der Waals surface area (Å²) in [6, 6.07) is 6.97. The molecule has 4 aromatic carbocycles. The maximum Gasteiger partial charge on any atom is 0.471 e. The molecule has 0 bridgehead atoms. The summed E-state index contributed by atoms with van der Waals surface area (Å²) in [7, 11) is 4.08. The van der Waals surface area contributed by atoms with Crippen LogP contribution in [-0.2, 0) is 39.0 Å². The molecule has 5 atom stereocenters. The molecule has 3 amide bonds. The Balaban J connectivity index is 0.000000259. The summed E-state index contributed by atoms with van der Waals surface area (Å²) in [6.07, 6.45) is -31.7. The number of amides is 3. The van der Waals surface area contributed by atoms with Crippen LogP contribution >= 0.6 is 0 Å². The van der Waals surface area contributed by atoms with E-state index < -0.39 is 119 Å². The van der Waals surface area contributed by atoms with E-state index in [0.717, 1.165) is 23.0 Å². The third-order valence-electron chi connectivity index (χ3n) is 16.7. The lowest BCUT2D eigenvalue weighted by Crippen LogP contribution is -2.41. The maximum atomic E-state index is 13.5. The molecule has 0 aromatic heterocycles. The van der Waals surface area contributed by atoms with Crippen LogP contribution in [0.15, 0.2) is 83.9 Å².